The highest BCUT2D eigenvalue weighted by molar-refractivity contribution is 5.82. The van der Waals surface area contributed by atoms with Crippen molar-refractivity contribution in [3.05, 3.63) is 83.7 Å². The molecule has 3 aromatic carbocycles. The number of urea groups is 1. The summed E-state index contributed by atoms with van der Waals surface area (Å²) < 4.78 is 6.09. The number of carbonyl (C=O) groups is 1. The Labute approximate surface area is 211 Å². The van der Waals surface area contributed by atoms with Gasteiger partial charge >= 0.3 is 6.03 Å². The third kappa shape index (κ3) is 4.43. The van der Waals surface area contributed by atoms with Crippen LogP contribution in [0.5, 0.6) is 5.75 Å². The molecule has 2 amide bonds. The third-order valence-electron chi connectivity index (χ3n) is 7.43. The van der Waals surface area contributed by atoms with Gasteiger partial charge in [0.05, 0.1) is 30.2 Å². The van der Waals surface area contributed by atoms with Crippen molar-refractivity contribution in [3.8, 4) is 16.9 Å². The number of hydrogen-bond donors (Lipinski definition) is 1. The number of aryl methyl sites for hydroxylation is 1. The number of ether oxygens (including phenoxy) is 1. The van der Waals surface area contributed by atoms with Gasteiger partial charge in [-0.2, -0.15) is 0 Å². The number of imidazole rings is 1. The average Bonchev–Trinajstić information content (AvgIpc) is 3.06. The minimum Gasteiger partial charge on any atom is -0.491 e. The molecule has 1 saturated heterocycles. The first-order valence-corrected chi connectivity index (χ1v) is 13.0. The van der Waals surface area contributed by atoms with Crippen LogP contribution in [-0.4, -0.2) is 45.5 Å². The van der Waals surface area contributed by atoms with Crippen molar-refractivity contribution in [2.24, 2.45) is 0 Å². The second kappa shape index (κ2) is 9.69. The molecule has 1 atom stereocenters. The molecular weight excluding hydrogens is 448 g/mol. The molecule has 6 nitrogen and oxygen atoms in total. The Morgan fingerprint density at radius 3 is 2.69 bits per heavy atom. The summed E-state index contributed by atoms with van der Waals surface area (Å²) >= 11 is 0. The van der Waals surface area contributed by atoms with Gasteiger partial charge in [0.15, 0.2) is 0 Å². The predicted octanol–water partition coefficient (Wildman–Crippen LogP) is 6.47. The number of likely N-dealkylation sites (tertiary alicyclic amines) is 1. The molecule has 3 heterocycles. The van der Waals surface area contributed by atoms with Crippen LogP contribution in [0.3, 0.4) is 0 Å². The number of fused-ring (bicyclic) bond motifs is 2. The van der Waals surface area contributed by atoms with Gasteiger partial charge in [0, 0.05) is 12.1 Å². The molecule has 4 aromatic rings. The zero-order valence-corrected chi connectivity index (χ0v) is 20.7. The molecule has 2 aliphatic heterocycles. The second-order valence-electron chi connectivity index (χ2n) is 9.90. The van der Waals surface area contributed by atoms with Crippen LogP contribution in [-0.2, 0) is 6.54 Å². The maximum atomic E-state index is 13.9. The van der Waals surface area contributed by atoms with Gasteiger partial charge in [-0.1, -0.05) is 55.3 Å². The van der Waals surface area contributed by atoms with Crippen molar-refractivity contribution in [2.75, 3.05) is 19.7 Å². The molecule has 0 bridgehead atoms. The van der Waals surface area contributed by atoms with E-state index in [2.05, 4.69) is 69.5 Å². The van der Waals surface area contributed by atoms with E-state index in [4.69, 9.17) is 4.74 Å². The molecule has 1 aromatic heterocycles. The normalized spacial score (nSPS) is 18.3. The lowest BCUT2D eigenvalue weighted by Crippen LogP contribution is -2.45. The maximum Gasteiger partial charge on any atom is 0.320 e. The van der Waals surface area contributed by atoms with Crippen molar-refractivity contribution in [1.29, 1.82) is 0 Å². The summed E-state index contributed by atoms with van der Waals surface area (Å²) in [5.74, 6) is 1.77. The maximum absolute atomic E-state index is 13.9. The Bertz CT molecular complexity index is 1380. The largest absolute Gasteiger partial charge is 0.491 e. The molecule has 6 heteroatoms. The number of hydrogen-bond acceptors (Lipinski definition) is 3. The minimum atomic E-state index is 0.112. The monoisotopic (exact) mass is 480 g/mol. The molecule has 6 rings (SSSR count). The van der Waals surface area contributed by atoms with E-state index in [1.807, 2.05) is 24.0 Å². The van der Waals surface area contributed by atoms with Gasteiger partial charge in [-0.25, -0.2) is 9.78 Å². The summed E-state index contributed by atoms with van der Waals surface area (Å²) in [6.45, 7) is 4.40. The summed E-state index contributed by atoms with van der Waals surface area (Å²) in [4.78, 5) is 25.9. The number of rotatable bonds is 2. The van der Waals surface area contributed by atoms with Crippen LogP contribution in [0.15, 0.2) is 66.7 Å². The summed E-state index contributed by atoms with van der Waals surface area (Å²) in [7, 11) is 0. The smallest absolute Gasteiger partial charge is 0.320 e. The average molecular weight is 481 g/mol. The molecule has 0 radical (unpaired) electrons. The fourth-order valence-electron chi connectivity index (χ4n) is 5.59. The lowest BCUT2D eigenvalue weighted by atomic mass is 10.0. The number of carbonyl (C=O) groups excluding carboxylic acids is 1. The van der Waals surface area contributed by atoms with Gasteiger partial charge in [-0.3, -0.25) is 0 Å². The molecule has 184 valence electrons. The van der Waals surface area contributed by atoms with E-state index in [9.17, 15) is 4.79 Å². The summed E-state index contributed by atoms with van der Waals surface area (Å²) in [5, 5.41) is 0. The Morgan fingerprint density at radius 2 is 1.81 bits per heavy atom. The number of aromatic amines is 1. The van der Waals surface area contributed by atoms with Gasteiger partial charge in [0.1, 0.15) is 18.2 Å². The van der Waals surface area contributed by atoms with Crippen molar-refractivity contribution < 1.29 is 9.53 Å². The Balaban J connectivity index is 1.28. The van der Waals surface area contributed by atoms with E-state index in [1.165, 1.54) is 12.0 Å². The molecule has 0 saturated carbocycles. The molecule has 36 heavy (non-hydrogen) atoms. The molecule has 2 aliphatic rings. The summed E-state index contributed by atoms with van der Waals surface area (Å²) in [5.41, 5.74) is 6.48. The molecule has 0 aliphatic carbocycles. The highest BCUT2D eigenvalue weighted by Gasteiger charge is 2.31. The van der Waals surface area contributed by atoms with Gasteiger partial charge in [0.2, 0.25) is 0 Å². The van der Waals surface area contributed by atoms with Crippen molar-refractivity contribution >= 4 is 17.1 Å². The molecule has 1 N–H and O–H groups in total. The molecule has 1 fully saturated rings. The van der Waals surface area contributed by atoms with Crippen molar-refractivity contribution in [1.82, 2.24) is 19.8 Å². The predicted molar refractivity (Wildman–Crippen MR) is 142 cm³/mol. The van der Waals surface area contributed by atoms with Crippen LogP contribution in [0, 0.1) is 6.92 Å². The zero-order valence-electron chi connectivity index (χ0n) is 20.7. The van der Waals surface area contributed by atoms with Crippen LogP contribution in [0.1, 0.15) is 48.7 Å². The molecule has 1 unspecified atom stereocenters. The Hall–Kier alpha value is -3.80. The van der Waals surface area contributed by atoms with E-state index < -0.39 is 0 Å². The highest BCUT2D eigenvalue weighted by Crippen LogP contribution is 2.34. The van der Waals surface area contributed by atoms with Gasteiger partial charge in [0.25, 0.3) is 0 Å². The first-order chi connectivity index (χ1) is 17.7. The molecule has 0 spiro atoms. The van der Waals surface area contributed by atoms with E-state index in [1.54, 1.807) is 0 Å². The van der Waals surface area contributed by atoms with Crippen LogP contribution >= 0.6 is 0 Å². The van der Waals surface area contributed by atoms with Crippen LogP contribution in [0.2, 0.25) is 0 Å². The fraction of sp³-hybridized carbons (Fsp3) is 0.333. The van der Waals surface area contributed by atoms with Crippen molar-refractivity contribution in [3.63, 3.8) is 0 Å². The van der Waals surface area contributed by atoms with E-state index in [0.717, 1.165) is 65.1 Å². The zero-order chi connectivity index (χ0) is 24.5. The summed E-state index contributed by atoms with van der Waals surface area (Å²) in [6.07, 6.45) is 4.38. The second-order valence-corrected chi connectivity index (χ2v) is 9.90. The van der Waals surface area contributed by atoms with Gasteiger partial charge in [-0.15, -0.1) is 0 Å². The fourth-order valence-corrected chi connectivity index (χ4v) is 5.59. The number of nitrogens with one attached hydrogen (secondary N) is 1. The molecular formula is C30H32N4O2. The van der Waals surface area contributed by atoms with Gasteiger partial charge < -0.3 is 19.5 Å². The topological polar surface area (TPSA) is 61.5 Å². The summed E-state index contributed by atoms with van der Waals surface area (Å²) in [6, 6.07) is 23.3. The first-order valence-electron chi connectivity index (χ1n) is 13.0. The first kappa shape index (κ1) is 22.7. The van der Waals surface area contributed by atoms with Crippen molar-refractivity contribution in [2.45, 2.75) is 45.2 Å². The standard InChI is InChI=1S/C30H32N4O2/c1-21-31-26-13-11-24(19-27(26)32-21)23-12-14-29-25(18-23)20-33(16-17-36-29)30(35)34-15-7-3-6-10-28(34)22-8-4-2-5-9-22/h2,4-5,8-9,11-14,18-19,28H,3,6-7,10,15-17,20H2,1H3,(H,31,32). The number of amides is 2. The van der Waals surface area contributed by atoms with Crippen LogP contribution in [0.25, 0.3) is 22.2 Å². The van der Waals surface area contributed by atoms with E-state index >= 15 is 0 Å². The number of nitrogens with zero attached hydrogens (tertiary/aromatic N) is 3. The van der Waals surface area contributed by atoms with E-state index in [0.29, 0.717) is 19.7 Å². The van der Waals surface area contributed by atoms with Gasteiger partial charge in [-0.05, 0) is 60.7 Å². The van der Waals surface area contributed by atoms with E-state index in [-0.39, 0.29) is 12.1 Å². The quantitative estimate of drug-likeness (QED) is 0.358. The lowest BCUT2D eigenvalue weighted by molar-refractivity contribution is 0.127. The third-order valence-corrected chi connectivity index (χ3v) is 7.43. The highest BCUT2D eigenvalue weighted by atomic mass is 16.5. The van der Waals surface area contributed by atoms with Crippen LogP contribution in [0.4, 0.5) is 4.79 Å². The van der Waals surface area contributed by atoms with Crippen LogP contribution < -0.4 is 4.74 Å². The number of benzene rings is 3. The number of aromatic nitrogens is 2. The minimum absolute atomic E-state index is 0.112. The SMILES string of the molecule is Cc1nc2cc(-c3ccc4c(c3)CN(C(=O)N3CCCCCC3c3ccccc3)CCO4)ccc2[nH]1. The Morgan fingerprint density at radius 1 is 0.972 bits per heavy atom. The number of H-pyrrole nitrogens is 1. The lowest BCUT2D eigenvalue weighted by Gasteiger charge is -2.35. The Kier molecular flexibility index (Phi) is 6.09.